The van der Waals surface area contributed by atoms with Gasteiger partial charge in [-0.25, -0.2) is 4.39 Å². The van der Waals surface area contributed by atoms with Crippen molar-refractivity contribution in [1.29, 1.82) is 5.26 Å². The normalized spacial score (nSPS) is 11.0. The summed E-state index contributed by atoms with van der Waals surface area (Å²) in [5.74, 6) is 0.573. The van der Waals surface area contributed by atoms with Gasteiger partial charge in [0.2, 0.25) is 0 Å². The second-order valence-corrected chi connectivity index (χ2v) is 5.79. The molecule has 0 aliphatic carbocycles. The molecule has 1 N–H and O–H groups in total. The highest BCUT2D eigenvalue weighted by Crippen LogP contribution is 2.24. The predicted molar refractivity (Wildman–Crippen MR) is 104 cm³/mol. The number of rotatable bonds is 6. The molecule has 0 radical (unpaired) electrons. The number of hydrogen-bond acceptors (Lipinski definition) is 4. The number of amides is 1. The molecule has 0 bridgehead atoms. The van der Waals surface area contributed by atoms with Gasteiger partial charge in [-0.1, -0.05) is 6.07 Å². The lowest BCUT2D eigenvalue weighted by Gasteiger charge is -2.07. The molecule has 5 nitrogen and oxygen atoms in total. The molecule has 3 aromatic rings. The molecule has 0 saturated heterocycles. The van der Waals surface area contributed by atoms with Gasteiger partial charge in [0.15, 0.2) is 0 Å². The van der Waals surface area contributed by atoms with Crippen LogP contribution in [0.5, 0.6) is 5.75 Å². The standard InChI is InChI=1S/C22H17FN2O3/c1-2-27-19-5-3-4-18(13-19)25-22(26)16(14-24)12-20-10-11-21(28-20)15-6-8-17(23)9-7-15/h3-13H,2H2,1H3,(H,25,26)/b16-12+. The van der Waals surface area contributed by atoms with Crippen LogP contribution in [0.2, 0.25) is 0 Å². The lowest BCUT2D eigenvalue weighted by molar-refractivity contribution is -0.112. The largest absolute Gasteiger partial charge is 0.494 e. The van der Waals surface area contributed by atoms with E-state index in [1.54, 1.807) is 48.5 Å². The number of benzene rings is 2. The van der Waals surface area contributed by atoms with E-state index < -0.39 is 5.91 Å². The number of furan rings is 1. The second-order valence-electron chi connectivity index (χ2n) is 5.79. The summed E-state index contributed by atoms with van der Waals surface area (Å²) in [5.41, 5.74) is 1.10. The summed E-state index contributed by atoms with van der Waals surface area (Å²) in [5, 5.41) is 12.0. The third kappa shape index (κ3) is 4.65. The fraction of sp³-hybridized carbons (Fsp3) is 0.0909. The fourth-order valence-corrected chi connectivity index (χ4v) is 2.52. The van der Waals surface area contributed by atoms with Crippen LogP contribution in [0, 0.1) is 17.1 Å². The van der Waals surface area contributed by atoms with Crippen molar-refractivity contribution >= 4 is 17.7 Å². The van der Waals surface area contributed by atoms with Crippen LogP contribution in [0.15, 0.2) is 70.7 Å². The van der Waals surface area contributed by atoms with Gasteiger partial charge in [-0.15, -0.1) is 0 Å². The van der Waals surface area contributed by atoms with Gasteiger partial charge in [0.25, 0.3) is 5.91 Å². The van der Waals surface area contributed by atoms with Crippen LogP contribution in [-0.4, -0.2) is 12.5 Å². The molecule has 1 heterocycles. The molecule has 28 heavy (non-hydrogen) atoms. The van der Waals surface area contributed by atoms with Crippen molar-refractivity contribution in [2.24, 2.45) is 0 Å². The first-order valence-electron chi connectivity index (χ1n) is 8.61. The van der Waals surface area contributed by atoms with Crippen LogP contribution in [0.3, 0.4) is 0 Å². The SMILES string of the molecule is CCOc1cccc(NC(=O)/C(C#N)=C/c2ccc(-c3ccc(F)cc3)o2)c1. The number of nitriles is 1. The molecule has 3 rings (SSSR count). The number of nitrogens with zero attached hydrogens (tertiary/aromatic N) is 1. The van der Waals surface area contributed by atoms with Gasteiger partial charge >= 0.3 is 0 Å². The van der Waals surface area contributed by atoms with E-state index >= 15 is 0 Å². The van der Waals surface area contributed by atoms with Crippen molar-refractivity contribution in [2.45, 2.75) is 6.92 Å². The Morgan fingerprint density at radius 3 is 2.71 bits per heavy atom. The number of anilines is 1. The highest BCUT2D eigenvalue weighted by atomic mass is 19.1. The minimum atomic E-state index is -0.559. The summed E-state index contributed by atoms with van der Waals surface area (Å²) in [7, 11) is 0. The Hall–Kier alpha value is -3.85. The molecular weight excluding hydrogens is 359 g/mol. The fourth-order valence-electron chi connectivity index (χ4n) is 2.52. The predicted octanol–water partition coefficient (Wildman–Crippen LogP) is 5.03. The van der Waals surface area contributed by atoms with Gasteiger partial charge in [-0.05, 0) is 55.5 Å². The summed E-state index contributed by atoms with van der Waals surface area (Å²) in [6.45, 7) is 2.38. The maximum atomic E-state index is 13.0. The third-order valence-electron chi connectivity index (χ3n) is 3.81. The van der Waals surface area contributed by atoms with Crippen LogP contribution < -0.4 is 10.1 Å². The first-order chi connectivity index (χ1) is 13.6. The molecule has 0 atom stereocenters. The molecule has 6 heteroatoms. The lowest BCUT2D eigenvalue weighted by Crippen LogP contribution is -2.13. The van der Waals surface area contributed by atoms with Gasteiger partial charge < -0.3 is 14.5 Å². The molecule has 0 unspecified atom stereocenters. The molecule has 0 saturated carbocycles. The first-order valence-corrected chi connectivity index (χ1v) is 8.61. The van der Waals surface area contributed by atoms with Gasteiger partial charge in [-0.2, -0.15) is 5.26 Å². The number of carbonyl (C=O) groups is 1. The van der Waals surface area contributed by atoms with Crippen LogP contribution >= 0.6 is 0 Å². The van der Waals surface area contributed by atoms with Crippen molar-refractivity contribution < 1.29 is 18.3 Å². The Kier molecular flexibility index (Phi) is 5.87. The molecule has 0 spiro atoms. The number of nitrogens with one attached hydrogen (secondary N) is 1. The highest BCUT2D eigenvalue weighted by molar-refractivity contribution is 6.09. The Labute approximate surface area is 161 Å². The summed E-state index contributed by atoms with van der Waals surface area (Å²) in [6.07, 6.45) is 1.36. The van der Waals surface area contributed by atoms with Crippen molar-refractivity contribution in [1.82, 2.24) is 0 Å². The second kappa shape index (κ2) is 8.69. The quantitative estimate of drug-likeness (QED) is 0.484. The van der Waals surface area contributed by atoms with Gasteiger partial charge in [0, 0.05) is 23.4 Å². The number of carbonyl (C=O) groups excluding carboxylic acids is 1. The maximum absolute atomic E-state index is 13.0. The summed E-state index contributed by atoms with van der Waals surface area (Å²) < 4.78 is 24.1. The number of hydrogen-bond donors (Lipinski definition) is 1. The molecular formula is C22H17FN2O3. The average molecular weight is 376 g/mol. The molecule has 1 aromatic heterocycles. The minimum Gasteiger partial charge on any atom is -0.494 e. The van der Waals surface area contributed by atoms with E-state index in [2.05, 4.69) is 5.32 Å². The first kappa shape index (κ1) is 18.9. The zero-order valence-corrected chi connectivity index (χ0v) is 15.1. The minimum absolute atomic E-state index is 0.109. The summed E-state index contributed by atoms with van der Waals surface area (Å²) in [4.78, 5) is 12.4. The Morgan fingerprint density at radius 2 is 2.00 bits per heavy atom. The molecule has 1 amide bonds. The van der Waals surface area contributed by atoms with Crippen molar-refractivity contribution in [3.8, 4) is 23.1 Å². The van der Waals surface area contributed by atoms with E-state index in [4.69, 9.17) is 9.15 Å². The Balaban J connectivity index is 1.76. The zero-order chi connectivity index (χ0) is 19.9. The molecule has 2 aromatic carbocycles. The van der Waals surface area contributed by atoms with E-state index in [1.165, 1.54) is 18.2 Å². The van der Waals surface area contributed by atoms with Gasteiger partial charge in [0.1, 0.15) is 34.7 Å². The number of ether oxygens (including phenoxy) is 1. The summed E-state index contributed by atoms with van der Waals surface area (Å²) in [6, 6.07) is 17.9. The lowest BCUT2D eigenvalue weighted by atomic mass is 10.2. The van der Waals surface area contributed by atoms with E-state index in [1.807, 2.05) is 13.0 Å². The van der Waals surface area contributed by atoms with Crippen LogP contribution in [-0.2, 0) is 4.79 Å². The van der Waals surface area contributed by atoms with Gasteiger partial charge in [0.05, 0.1) is 6.61 Å². The third-order valence-corrected chi connectivity index (χ3v) is 3.81. The molecule has 140 valence electrons. The van der Waals surface area contributed by atoms with E-state index in [0.717, 1.165) is 0 Å². The highest BCUT2D eigenvalue weighted by Gasteiger charge is 2.12. The Bertz CT molecular complexity index is 1050. The zero-order valence-electron chi connectivity index (χ0n) is 15.1. The van der Waals surface area contributed by atoms with Gasteiger partial charge in [-0.3, -0.25) is 4.79 Å². The number of halogens is 1. The monoisotopic (exact) mass is 376 g/mol. The van der Waals surface area contributed by atoms with Crippen LogP contribution in [0.1, 0.15) is 12.7 Å². The van der Waals surface area contributed by atoms with E-state index in [0.29, 0.717) is 35.1 Å². The Morgan fingerprint density at radius 1 is 1.21 bits per heavy atom. The smallest absolute Gasteiger partial charge is 0.266 e. The average Bonchev–Trinajstić information content (AvgIpc) is 3.16. The molecule has 0 aliphatic heterocycles. The van der Waals surface area contributed by atoms with E-state index in [9.17, 15) is 14.4 Å². The van der Waals surface area contributed by atoms with E-state index in [-0.39, 0.29) is 11.4 Å². The maximum Gasteiger partial charge on any atom is 0.266 e. The van der Waals surface area contributed by atoms with Crippen LogP contribution in [0.25, 0.3) is 17.4 Å². The topological polar surface area (TPSA) is 75.3 Å². The van der Waals surface area contributed by atoms with Crippen molar-refractivity contribution in [3.05, 3.63) is 77.8 Å². The molecule has 0 fully saturated rings. The molecule has 0 aliphatic rings. The van der Waals surface area contributed by atoms with Crippen molar-refractivity contribution in [2.75, 3.05) is 11.9 Å². The summed E-state index contributed by atoms with van der Waals surface area (Å²) >= 11 is 0. The van der Waals surface area contributed by atoms with Crippen molar-refractivity contribution in [3.63, 3.8) is 0 Å². The van der Waals surface area contributed by atoms with Crippen LogP contribution in [0.4, 0.5) is 10.1 Å².